The van der Waals surface area contributed by atoms with E-state index in [2.05, 4.69) is 5.32 Å². The molecule has 0 bridgehead atoms. The Morgan fingerprint density at radius 1 is 0.861 bits per heavy atom. The summed E-state index contributed by atoms with van der Waals surface area (Å²) in [7, 11) is 0. The SMILES string of the molecule is O=C(Cn1c2ccccc2c(=O)c2cc([N+](=O)[O-])ccc21)Nc1ccc(OCc2ccccc2)cc1. The van der Waals surface area contributed by atoms with Gasteiger partial charge in [-0.1, -0.05) is 42.5 Å². The van der Waals surface area contributed by atoms with Crippen LogP contribution in [0.1, 0.15) is 5.56 Å². The van der Waals surface area contributed by atoms with Crippen molar-refractivity contribution in [3.05, 3.63) is 123 Å². The summed E-state index contributed by atoms with van der Waals surface area (Å²) in [6.45, 7) is 0.360. The monoisotopic (exact) mass is 479 g/mol. The first-order valence-corrected chi connectivity index (χ1v) is 11.3. The van der Waals surface area contributed by atoms with Crippen molar-refractivity contribution in [2.24, 2.45) is 0 Å². The summed E-state index contributed by atoms with van der Waals surface area (Å²) in [4.78, 5) is 36.7. The van der Waals surface area contributed by atoms with Crippen molar-refractivity contribution in [2.45, 2.75) is 13.2 Å². The molecule has 0 spiro atoms. The van der Waals surface area contributed by atoms with Gasteiger partial charge in [0.1, 0.15) is 18.9 Å². The van der Waals surface area contributed by atoms with E-state index in [1.807, 2.05) is 30.3 Å². The second-order valence-electron chi connectivity index (χ2n) is 8.24. The number of pyridine rings is 1. The minimum absolute atomic E-state index is 0.0820. The molecular weight excluding hydrogens is 458 g/mol. The van der Waals surface area contributed by atoms with E-state index in [4.69, 9.17) is 4.74 Å². The normalized spacial score (nSPS) is 10.9. The van der Waals surface area contributed by atoms with Crippen LogP contribution in [0.25, 0.3) is 21.8 Å². The lowest BCUT2D eigenvalue weighted by Crippen LogP contribution is -2.21. The van der Waals surface area contributed by atoms with Crippen LogP contribution in [-0.4, -0.2) is 15.4 Å². The maximum Gasteiger partial charge on any atom is 0.270 e. The molecular formula is C28H21N3O5. The van der Waals surface area contributed by atoms with Crippen LogP contribution in [-0.2, 0) is 17.9 Å². The lowest BCUT2D eigenvalue weighted by Gasteiger charge is -2.15. The molecule has 5 aromatic rings. The number of carbonyl (C=O) groups excluding carboxylic acids is 1. The zero-order chi connectivity index (χ0) is 25.1. The lowest BCUT2D eigenvalue weighted by atomic mass is 10.1. The van der Waals surface area contributed by atoms with Crippen molar-refractivity contribution in [3.63, 3.8) is 0 Å². The minimum Gasteiger partial charge on any atom is -0.489 e. The summed E-state index contributed by atoms with van der Waals surface area (Å²) < 4.78 is 7.48. The molecule has 0 fully saturated rings. The number of ether oxygens (including phenoxy) is 1. The average Bonchev–Trinajstić information content (AvgIpc) is 2.91. The summed E-state index contributed by atoms with van der Waals surface area (Å²) in [6.07, 6.45) is 0. The number of non-ortho nitro benzene ring substituents is 1. The number of hydrogen-bond donors (Lipinski definition) is 1. The van der Waals surface area contributed by atoms with Crippen LogP contribution in [0.2, 0.25) is 0 Å². The fraction of sp³-hybridized carbons (Fsp3) is 0.0714. The molecule has 0 saturated heterocycles. The molecule has 1 aromatic heterocycles. The second-order valence-corrected chi connectivity index (χ2v) is 8.24. The summed E-state index contributed by atoms with van der Waals surface area (Å²) in [5, 5.41) is 14.7. The number of para-hydroxylation sites is 1. The first-order valence-electron chi connectivity index (χ1n) is 11.3. The van der Waals surface area contributed by atoms with E-state index in [0.29, 0.717) is 34.5 Å². The molecule has 0 aliphatic rings. The molecule has 0 aliphatic carbocycles. The molecule has 0 aliphatic heterocycles. The van der Waals surface area contributed by atoms with Crippen LogP contribution in [0, 0.1) is 10.1 Å². The van der Waals surface area contributed by atoms with E-state index in [0.717, 1.165) is 5.56 Å². The zero-order valence-corrected chi connectivity index (χ0v) is 19.1. The predicted octanol–water partition coefficient (Wildman–Crippen LogP) is 5.28. The van der Waals surface area contributed by atoms with Crippen LogP contribution in [0.15, 0.2) is 102 Å². The van der Waals surface area contributed by atoms with E-state index in [1.54, 1.807) is 53.1 Å². The predicted molar refractivity (Wildman–Crippen MR) is 138 cm³/mol. The number of aromatic nitrogens is 1. The van der Waals surface area contributed by atoms with Crippen LogP contribution in [0.4, 0.5) is 11.4 Å². The van der Waals surface area contributed by atoms with Gasteiger partial charge in [-0.05, 0) is 48.0 Å². The smallest absolute Gasteiger partial charge is 0.270 e. The summed E-state index contributed by atoms with van der Waals surface area (Å²) in [5.74, 6) is 0.372. The molecule has 1 heterocycles. The van der Waals surface area contributed by atoms with E-state index in [1.165, 1.54) is 18.2 Å². The zero-order valence-electron chi connectivity index (χ0n) is 19.1. The molecule has 0 unspecified atom stereocenters. The second kappa shape index (κ2) is 9.71. The third-order valence-electron chi connectivity index (χ3n) is 5.85. The highest BCUT2D eigenvalue weighted by Crippen LogP contribution is 2.24. The number of nitrogens with one attached hydrogen (secondary N) is 1. The highest BCUT2D eigenvalue weighted by molar-refractivity contribution is 5.97. The Labute approximate surface area is 205 Å². The molecule has 0 atom stereocenters. The third-order valence-corrected chi connectivity index (χ3v) is 5.85. The Morgan fingerprint density at radius 2 is 1.56 bits per heavy atom. The molecule has 5 rings (SSSR count). The van der Waals surface area contributed by atoms with Gasteiger partial charge >= 0.3 is 0 Å². The molecule has 178 valence electrons. The number of nitro benzene ring substituents is 1. The maximum atomic E-state index is 13.0. The number of nitro groups is 1. The van der Waals surface area contributed by atoms with Crippen LogP contribution < -0.4 is 15.5 Å². The maximum absolute atomic E-state index is 13.0. The first kappa shape index (κ1) is 22.8. The highest BCUT2D eigenvalue weighted by atomic mass is 16.6. The van der Waals surface area contributed by atoms with Crippen molar-refractivity contribution < 1.29 is 14.5 Å². The van der Waals surface area contributed by atoms with Crippen molar-refractivity contribution >= 4 is 39.1 Å². The largest absolute Gasteiger partial charge is 0.489 e. The van der Waals surface area contributed by atoms with Crippen LogP contribution in [0.3, 0.4) is 0 Å². The first-order chi connectivity index (χ1) is 17.5. The topological polar surface area (TPSA) is 103 Å². The van der Waals surface area contributed by atoms with Gasteiger partial charge in [0.05, 0.1) is 21.3 Å². The van der Waals surface area contributed by atoms with Gasteiger partial charge in [-0.2, -0.15) is 0 Å². The van der Waals surface area contributed by atoms with Gasteiger partial charge in [0, 0.05) is 23.2 Å². The number of amides is 1. The van der Waals surface area contributed by atoms with Crippen LogP contribution >= 0.6 is 0 Å². The number of hydrogen-bond acceptors (Lipinski definition) is 5. The average molecular weight is 479 g/mol. The van der Waals surface area contributed by atoms with E-state index < -0.39 is 4.92 Å². The molecule has 0 saturated carbocycles. The van der Waals surface area contributed by atoms with Crippen molar-refractivity contribution in [3.8, 4) is 5.75 Å². The van der Waals surface area contributed by atoms with Gasteiger partial charge in [-0.15, -0.1) is 0 Å². The quantitative estimate of drug-likeness (QED) is 0.194. The molecule has 8 heteroatoms. The van der Waals surface area contributed by atoms with Gasteiger partial charge in [-0.3, -0.25) is 19.7 Å². The van der Waals surface area contributed by atoms with E-state index in [9.17, 15) is 19.7 Å². The summed E-state index contributed by atoms with van der Waals surface area (Å²) >= 11 is 0. The number of carbonyl (C=O) groups is 1. The summed E-state index contributed by atoms with van der Waals surface area (Å²) in [6, 6.07) is 27.9. The van der Waals surface area contributed by atoms with Crippen LogP contribution in [0.5, 0.6) is 5.75 Å². The molecule has 36 heavy (non-hydrogen) atoms. The fourth-order valence-corrected chi connectivity index (χ4v) is 4.12. The summed E-state index contributed by atoms with van der Waals surface area (Å²) in [5.41, 5.74) is 2.18. The van der Waals surface area contributed by atoms with Gasteiger partial charge in [0.2, 0.25) is 5.91 Å². The highest BCUT2D eigenvalue weighted by Gasteiger charge is 2.16. The molecule has 0 radical (unpaired) electrons. The molecule has 4 aromatic carbocycles. The number of fused-ring (bicyclic) bond motifs is 2. The van der Waals surface area contributed by atoms with E-state index in [-0.39, 0.29) is 29.0 Å². The van der Waals surface area contributed by atoms with Crippen molar-refractivity contribution in [1.29, 1.82) is 0 Å². The standard InChI is InChI=1S/C28H21N3O5/c32-27(29-20-10-13-22(14-11-20)36-18-19-6-2-1-3-7-19)17-30-25-9-5-4-8-23(25)28(33)24-16-21(31(34)35)12-15-26(24)30/h1-16H,17-18H2,(H,29,32). The lowest BCUT2D eigenvalue weighted by molar-refractivity contribution is -0.384. The van der Waals surface area contributed by atoms with Gasteiger partial charge < -0.3 is 14.6 Å². The minimum atomic E-state index is -0.543. The fourth-order valence-electron chi connectivity index (χ4n) is 4.12. The number of anilines is 1. The van der Waals surface area contributed by atoms with Gasteiger partial charge in [0.25, 0.3) is 5.69 Å². The van der Waals surface area contributed by atoms with Crippen molar-refractivity contribution in [2.75, 3.05) is 5.32 Å². The number of benzene rings is 4. The Kier molecular flexibility index (Phi) is 6.15. The van der Waals surface area contributed by atoms with Crippen molar-refractivity contribution in [1.82, 2.24) is 4.57 Å². The Morgan fingerprint density at radius 3 is 2.31 bits per heavy atom. The van der Waals surface area contributed by atoms with Gasteiger partial charge in [-0.25, -0.2) is 0 Å². The Hall–Kier alpha value is -4.98. The number of rotatable bonds is 7. The Bertz CT molecular complexity index is 1640. The van der Waals surface area contributed by atoms with Gasteiger partial charge in [0.15, 0.2) is 5.43 Å². The number of nitrogens with zero attached hydrogens (tertiary/aromatic N) is 2. The molecule has 8 nitrogen and oxygen atoms in total. The third kappa shape index (κ3) is 4.65. The molecule has 1 amide bonds. The van der Waals surface area contributed by atoms with E-state index >= 15 is 0 Å². The molecule has 1 N–H and O–H groups in total. The Balaban J connectivity index is 1.38.